The van der Waals surface area contributed by atoms with E-state index in [-0.39, 0.29) is 18.4 Å². The predicted octanol–water partition coefficient (Wildman–Crippen LogP) is 1.17. The van der Waals surface area contributed by atoms with Gasteiger partial charge in [-0.05, 0) is 33.3 Å². The summed E-state index contributed by atoms with van der Waals surface area (Å²) in [5.41, 5.74) is 8.14. The Kier molecular flexibility index (Phi) is 5.83. The van der Waals surface area contributed by atoms with E-state index >= 15 is 0 Å². The number of primary amides is 1. The van der Waals surface area contributed by atoms with Crippen molar-refractivity contribution in [3.8, 4) is 0 Å². The Balaban J connectivity index is 1.81. The molecular formula is C19H27N5O4. The topological polar surface area (TPSA) is 116 Å². The third-order valence-electron chi connectivity index (χ3n) is 5.37. The van der Waals surface area contributed by atoms with Crippen LogP contribution in [0.4, 0.5) is 0 Å². The quantitative estimate of drug-likeness (QED) is 0.711. The average Bonchev–Trinajstić information content (AvgIpc) is 3.34. The predicted molar refractivity (Wildman–Crippen MR) is 101 cm³/mol. The molecule has 0 aliphatic carbocycles. The van der Waals surface area contributed by atoms with E-state index in [1.165, 1.54) is 0 Å². The van der Waals surface area contributed by atoms with E-state index in [2.05, 4.69) is 14.7 Å². The first-order valence-electron chi connectivity index (χ1n) is 9.38. The number of nitrogens with zero attached hydrogens (tertiary/aromatic N) is 4. The first kappa shape index (κ1) is 20.1. The number of aryl methyl sites for hydroxylation is 2. The second kappa shape index (κ2) is 8.14. The molecule has 0 aromatic carbocycles. The number of ether oxygens (including phenoxy) is 1. The lowest BCUT2D eigenvalue weighted by Gasteiger charge is -2.16. The molecule has 1 aliphatic rings. The summed E-state index contributed by atoms with van der Waals surface area (Å²) in [6, 6.07) is 1.90. The summed E-state index contributed by atoms with van der Waals surface area (Å²) in [5, 5.41) is 3.79. The highest BCUT2D eigenvalue weighted by Gasteiger charge is 2.43. The van der Waals surface area contributed by atoms with Gasteiger partial charge in [-0.2, -0.15) is 4.98 Å². The fourth-order valence-electron chi connectivity index (χ4n) is 3.87. The normalized spacial score (nSPS) is 19.4. The standard InChI is InChI=1S/C19H27N5O4/c1-11-8-14(12(2)24(11)6-5-7-27-4)19(26)23-9-15(17(20)25)16(10-23)18-21-13(3)22-28-18/h8,15-16H,5-7,9-10H2,1-4H3,(H2,20,25). The third-order valence-corrected chi connectivity index (χ3v) is 5.37. The zero-order valence-corrected chi connectivity index (χ0v) is 16.8. The summed E-state index contributed by atoms with van der Waals surface area (Å²) < 4.78 is 12.5. The Morgan fingerprint density at radius 3 is 2.68 bits per heavy atom. The van der Waals surface area contributed by atoms with E-state index in [4.69, 9.17) is 15.0 Å². The molecule has 0 radical (unpaired) electrons. The molecule has 2 atom stereocenters. The van der Waals surface area contributed by atoms with Crippen molar-refractivity contribution in [3.05, 3.63) is 34.7 Å². The van der Waals surface area contributed by atoms with Crippen LogP contribution in [0.3, 0.4) is 0 Å². The van der Waals surface area contributed by atoms with Crippen molar-refractivity contribution in [3.63, 3.8) is 0 Å². The molecule has 0 bridgehead atoms. The van der Waals surface area contributed by atoms with Gasteiger partial charge < -0.3 is 24.5 Å². The minimum Gasteiger partial charge on any atom is -0.385 e. The molecule has 9 heteroatoms. The van der Waals surface area contributed by atoms with E-state index in [0.29, 0.717) is 30.4 Å². The number of nitrogens with two attached hydrogens (primary N) is 1. The monoisotopic (exact) mass is 389 g/mol. The lowest BCUT2D eigenvalue weighted by molar-refractivity contribution is -0.121. The maximum atomic E-state index is 13.2. The van der Waals surface area contributed by atoms with Crippen molar-refractivity contribution < 1.29 is 18.8 Å². The van der Waals surface area contributed by atoms with Crippen LogP contribution in [0.25, 0.3) is 0 Å². The lowest BCUT2D eigenvalue weighted by Crippen LogP contribution is -2.32. The van der Waals surface area contributed by atoms with Crippen LogP contribution in [-0.4, -0.2) is 58.2 Å². The van der Waals surface area contributed by atoms with E-state index in [1.807, 2.05) is 19.9 Å². The molecule has 2 N–H and O–H groups in total. The number of aromatic nitrogens is 3. The smallest absolute Gasteiger partial charge is 0.255 e. The summed E-state index contributed by atoms with van der Waals surface area (Å²) in [7, 11) is 1.67. The summed E-state index contributed by atoms with van der Waals surface area (Å²) in [4.78, 5) is 31.0. The van der Waals surface area contributed by atoms with Gasteiger partial charge in [0.15, 0.2) is 5.82 Å². The van der Waals surface area contributed by atoms with Gasteiger partial charge in [0.25, 0.3) is 5.91 Å². The summed E-state index contributed by atoms with van der Waals surface area (Å²) in [6.07, 6.45) is 0.868. The molecule has 1 saturated heterocycles. The van der Waals surface area contributed by atoms with Crippen molar-refractivity contribution >= 4 is 11.8 Å². The number of carbonyl (C=O) groups excluding carboxylic acids is 2. The second-order valence-corrected chi connectivity index (χ2v) is 7.29. The Bertz CT molecular complexity index is 872. The molecule has 9 nitrogen and oxygen atoms in total. The highest BCUT2D eigenvalue weighted by molar-refractivity contribution is 5.96. The maximum Gasteiger partial charge on any atom is 0.255 e. The Morgan fingerprint density at radius 1 is 1.32 bits per heavy atom. The molecule has 1 fully saturated rings. The number of amides is 2. The second-order valence-electron chi connectivity index (χ2n) is 7.29. The van der Waals surface area contributed by atoms with Crippen LogP contribution in [-0.2, 0) is 16.1 Å². The van der Waals surface area contributed by atoms with Gasteiger partial charge in [0, 0.05) is 44.7 Å². The molecule has 2 aromatic heterocycles. The maximum absolute atomic E-state index is 13.2. The van der Waals surface area contributed by atoms with Gasteiger partial charge >= 0.3 is 0 Å². The highest BCUT2D eigenvalue weighted by Crippen LogP contribution is 2.33. The first-order chi connectivity index (χ1) is 13.3. The molecule has 152 valence electrons. The van der Waals surface area contributed by atoms with Crippen LogP contribution in [0.2, 0.25) is 0 Å². The Morgan fingerprint density at radius 2 is 2.07 bits per heavy atom. The average molecular weight is 389 g/mol. The molecule has 2 unspecified atom stereocenters. The Hall–Kier alpha value is -2.68. The number of likely N-dealkylation sites (tertiary alicyclic amines) is 1. The van der Waals surface area contributed by atoms with Crippen LogP contribution in [0, 0.1) is 26.7 Å². The van der Waals surface area contributed by atoms with Crippen LogP contribution in [0.15, 0.2) is 10.6 Å². The number of hydrogen-bond donors (Lipinski definition) is 1. The largest absolute Gasteiger partial charge is 0.385 e. The minimum absolute atomic E-state index is 0.115. The fourth-order valence-corrected chi connectivity index (χ4v) is 3.87. The van der Waals surface area contributed by atoms with Crippen LogP contribution in [0.5, 0.6) is 0 Å². The molecule has 0 spiro atoms. The number of methoxy groups -OCH3 is 1. The van der Waals surface area contributed by atoms with Gasteiger partial charge in [0.05, 0.1) is 17.4 Å². The van der Waals surface area contributed by atoms with Gasteiger partial charge in [-0.15, -0.1) is 0 Å². The fraction of sp³-hybridized carbons (Fsp3) is 0.579. The summed E-state index contributed by atoms with van der Waals surface area (Å²) in [5.74, 6) is -0.677. The third kappa shape index (κ3) is 3.80. The minimum atomic E-state index is -0.547. The van der Waals surface area contributed by atoms with Crippen molar-refractivity contribution in [1.82, 2.24) is 19.6 Å². The SMILES string of the molecule is COCCCn1c(C)cc(C(=O)N2CC(C(N)=O)C(c3nc(C)no3)C2)c1C. The molecular weight excluding hydrogens is 362 g/mol. The summed E-state index contributed by atoms with van der Waals surface area (Å²) in [6.45, 7) is 7.65. The summed E-state index contributed by atoms with van der Waals surface area (Å²) >= 11 is 0. The van der Waals surface area contributed by atoms with Gasteiger partial charge in [-0.25, -0.2) is 0 Å². The lowest BCUT2D eigenvalue weighted by atomic mass is 9.95. The van der Waals surface area contributed by atoms with Gasteiger partial charge in [-0.3, -0.25) is 9.59 Å². The van der Waals surface area contributed by atoms with Gasteiger partial charge in [0.2, 0.25) is 11.8 Å². The van der Waals surface area contributed by atoms with Gasteiger partial charge in [0.1, 0.15) is 0 Å². The van der Waals surface area contributed by atoms with Crippen LogP contribution < -0.4 is 5.73 Å². The van der Waals surface area contributed by atoms with Crippen molar-refractivity contribution in [1.29, 1.82) is 0 Å². The molecule has 2 aromatic rings. The van der Waals surface area contributed by atoms with E-state index in [0.717, 1.165) is 24.4 Å². The van der Waals surface area contributed by atoms with Crippen molar-refractivity contribution in [2.45, 2.75) is 39.7 Å². The molecule has 2 amide bonds. The number of hydrogen-bond acceptors (Lipinski definition) is 6. The molecule has 0 saturated carbocycles. The molecule has 28 heavy (non-hydrogen) atoms. The van der Waals surface area contributed by atoms with E-state index < -0.39 is 11.8 Å². The van der Waals surface area contributed by atoms with Crippen molar-refractivity contribution in [2.24, 2.45) is 11.7 Å². The van der Waals surface area contributed by atoms with Crippen LogP contribution in [0.1, 0.15) is 45.8 Å². The molecule has 3 heterocycles. The van der Waals surface area contributed by atoms with E-state index in [9.17, 15) is 9.59 Å². The van der Waals surface area contributed by atoms with E-state index in [1.54, 1.807) is 18.9 Å². The number of carbonyl (C=O) groups is 2. The molecule has 1 aliphatic heterocycles. The number of rotatable bonds is 7. The first-order valence-corrected chi connectivity index (χ1v) is 9.38. The molecule has 3 rings (SSSR count). The zero-order valence-electron chi connectivity index (χ0n) is 16.8. The van der Waals surface area contributed by atoms with Crippen LogP contribution >= 0.6 is 0 Å². The Labute approximate surface area is 163 Å². The highest BCUT2D eigenvalue weighted by atomic mass is 16.5. The van der Waals surface area contributed by atoms with Crippen molar-refractivity contribution in [2.75, 3.05) is 26.8 Å². The van der Waals surface area contributed by atoms with Gasteiger partial charge in [-0.1, -0.05) is 5.16 Å². The zero-order chi connectivity index (χ0) is 20.4.